The number of benzene rings is 1. The first-order valence-electron chi connectivity index (χ1n) is 13.4. The summed E-state index contributed by atoms with van der Waals surface area (Å²) >= 11 is 0. The van der Waals surface area contributed by atoms with E-state index < -0.39 is 36.2 Å². The largest absolute Gasteiger partial charge is 0.480 e. The molecule has 2 aliphatic heterocycles. The van der Waals surface area contributed by atoms with Gasteiger partial charge in [-0.15, -0.1) is 0 Å². The number of hydrogen-bond donors (Lipinski definition) is 2. The summed E-state index contributed by atoms with van der Waals surface area (Å²) in [5.41, 5.74) is 0.645. The molecule has 9 heteroatoms. The minimum absolute atomic E-state index is 0.0656. The van der Waals surface area contributed by atoms with Gasteiger partial charge >= 0.3 is 12.1 Å². The monoisotopic (exact) mass is 521 g/mol. The van der Waals surface area contributed by atoms with Crippen LogP contribution in [0.5, 0.6) is 5.88 Å². The molecule has 1 aromatic carbocycles. The van der Waals surface area contributed by atoms with Crippen LogP contribution in [0.3, 0.4) is 0 Å². The van der Waals surface area contributed by atoms with Gasteiger partial charge in [-0.05, 0) is 48.3 Å². The quantitative estimate of drug-likeness (QED) is 0.602. The maximum Gasteiger partial charge on any atom is 0.407 e. The SMILES string of the molecule is CC1(C)CC=Cc2ccc3ccnc(c3c2)O[C@H]2C[C@@H](C(=O)O)N(C2)C(=O)[C@H](C2CCCC2)NC(=O)OC1. The maximum atomic E-state index is 13.8. The third-order valence-corrected chi connectivity index (χ3v) is 7.85. The molecule has 4 bridgehead atoms. The van der Waals surface area contributed by atoms with E-state index in [-0.39, 0.29) is 30.9 Å². The topological polar surface area (TPSA) is 118 Å². The zero-order valence-electron chi connectivity index (χ0n) is 21.9. The van der Waals surface area contributed by atoms with Crippen molar-refractivity contribution in [3.05, 3.63) is 42.1 Å². The van der Waals surface area contributed by atoms with Gasteiger partial charge in [0.25, 0.3) is 0 Å². The van der Waals surface area contributed by atoms with Gasteiger partial charge in [0.2, 0.25) is 11.8 Å². The van der Waals surface area contributed by atoms with Gasteiger partial charge in [-0.2, -0.15) is 0 Å². The Labute approximate surface area is 222 Å². The molecular weight excluding hydrogens is 486 g/mol. The van der Waals surface area contributed by atoms with Crippen molar-refractivity contribution in [3.63, 3.8) is 0 Å². The van der Waals surface area contributed by atoms with Gasteiger partial charge in [-0.25, -0.2) is 14.6 Å². The molecule has 3 aliphatic rings. The Hall–Kier alpha value is -3.62. The van der Waals surface area contributed by atoms with Crippen molar-refractivity contribution in [1.29, 1.82) is 0 Å². The van der Waals surface area contributed by atoms with Gasteiger partial charge in [-0.3, -0.25) is 4.79 Å². The predicted octanol–water partition coefficient (Wildman–Crippen LogP) is 4.40. The van der Waals surface area contributed by atoms with Gasteiger partial charge in [0.05, 0.1) is 13.2 Å². The molecule has 1 saturated carbocycles. The fraction of sp³-hybridized carbons (Fsp3) is 0.517. The van der Waals surface area contributed by atoms with Crippen LogP contribution in [0.15, 0.2) is 36.5 Å². The molecule has 3 heterocycles. The Bertz CT molecular complexity index is 1250. The van der Waals surface area contributed by atoms with Crippen LogP contribution in [0, 0.1) is 11.3 Å². The number of carbonyl (C=O) groups is 3. The fourth-order valence-corrected chi connectivity index (χ4v) is 5.73. The number of cyclic esters (lactones) is 1. The third-order valence-electron chi connectivity index (χ3n) is 7.85. The van der Waals surface area contributed by atoms with E-state index in [9.17, 15) is 19.5 Å². The van der Waals surface area contributed by atoms with E-state index >= 15 is 0 Å². The lowest BCUT2D eigenvalue weighted by atomic mass is 9.90. The number of aliphatic carboxylic acids is 1. The second-order valence-corrected chi connectivity index (χ2v) is 11.4. The molecule has 9 nitrogen and oxygen atoms in total. The molecule has 3 atom stereocenters. The lowest BCUT2D eigenvalue weighted by Gasteiger charge is -2.30. The van der Waals surface area contributed by atoms with E-state index in [1.165, 1.54) is 4.90 Å². The summed E-state index contributed by atoms with van der Waals surface area (Å²) in [6, 6.07) is 6.02. The van der Waals surface area contributed by atoms with Gasteiger partial charge in [0, 0.05) is 23.4 Å². The van der Waals surface area contributed by atoms with Crippen molar-refractivity contribution in [2.24, 2.45) is 11.3 Å². The Morgan fingerprint density at radius 3 is 2.74 bits per heavy atom. The number of carboxylic acid groups (broad SMARTS) is 1. The number of aromatic nitrogens is 1. The van der Waals surface area contributed by atoms with E-state index in [2.05, 4.69) is 16.4 Å². The predicted molar refractivity (Wildman–Crippen MR) is 142 cm³/mol. The van der Waals surface area contributed by atoms with Crippen LogP contribution in [-0.4, -0.2) is 64.3 Å². The highest BCUT2D eigenvalue weighted by atomic mass is 16.5. The summed E-state index contributed by atoms with van der Waals surface area (Å²) in [4.78, 5) is 44.7. The molecular formula is C29H35N3O6. The second kappa shape index (κ2) is 10.6. The number of carboxylic acids is 1. The number of pyridine rings is 1. The normalized spacial score (nSPS) is 26.5. The highest BCUT2D eigenvalue weighted by Gasteiger charge is 2.45. The van der Waals surface area contributed by atoms with Crippen molar-refractivity contribution in [2.45, 2.75) is 70.6 Å². The zero-order valence-corrected chi connectivity index (χ0v) is 21.9. The first-order valence-corrected chi connectivity index (χ1v) is 13.4. The number of rotatable bonds is 2. The molecule has 202 valence electrons. The van der Waals surface area contributed by atoms with Crippen LogP contribution < -0.4 is 10.1 Å². The molecule has 2 fully saturated rings. The number of allylic oxidation sites excluding steroid dienone is 1. The molecule has 2 N–H and O–H groups in total. The molecule has 5 rings (SSSR count). The molecule has 1 saturated heterocycles. The van der Waals surface area contributed by atoms with E-state index in [1.54, 1.807) is 6.20 Å². The Morgan fingerprint density at radius 2 is 1.97 bits per heavy atom. The fourth-order valence-electron chi connectivity index (χ4n) is 5.73. The zero-order chi connectivity index (χ0) is 26.9. The van der Waals surface area contributed by atoms with Crippen molar-refractivity contribution in [2.75, 3.05) is 13.2 Å². The minimum Gasteiger partial charge on any atom is -0.480 e. The lowest BCUT2D eigenvalue weighted by molar-refractivity contribution is -0.149. The molecule has 0 radical (unpaired) electrons. The number of alkyl carbamates (subject to hydrolysis) is 1. The summed E-state index contributed by atoms with van der Waals surface area (Å²) < 4.78 is 11.8. The minimum atomic E-state index is -1.09. The van der Waals surface area contributed by atoms with Crippen LogP contribution in [0.25, 0.3) is 16.8 Å². The van der Waals surface area contributed by atoms with Gasteiger partial charge < -0.3 is 24.8 Å². The highest BCUT2D eigenvalue weighted by molar-refractivity contribution is 5.91. The van der Waals surface area contributed by atoms with E-state index in [0.29, 0.717) is 12.3 Å². The van der Waals surface area contributed by atoms with Crippen LogP contribution in [0.1, 0.15) is 57.9 Å². The van der Waals surface area contributed by atoms with E-state index in [4.69, 9.17) is 9.47 Å². The molecule has 0 unspecified atom stereocenters. The molecule has 38 heavy (non-hydrogen) atoms. The van der Waals surface area contributed by atoms with Gasteiger partial charge in [0.15, 0.2) is 0 Å². The Kier molecular flexibility index (Phi) is 7.27. The van der Waals surface area contributed by atoms with Gasteiger partial charge in [-0.1, -0.05) is 51.0 Å². The number of nitrogens with one attached hydrogen (secondary N) is 1. The molecule has 2 aromatic rings. The highest BCUT2D eigenvalue weighted by Crippen LogP contribution is 2.33. The Balaban J connectivity index is 1.52. The molecule has 1 aromatic heterocycles. The number of amides is 2. The maximum absolute atomic E-state index is 13.8. The third kappa shape index (κ3) is 5.61. The molecule has 2 amide bonds. The summed E-state index contributed by atoms with van der Waals surface area (Å²) in [6.45, 7) is 4.31. The number of carbonyl (C=O) groups excluding carboxylic acids is 2. The van der Waals surface area contributed by atoms with Crippen LogP contribution in [0.2, 0.25) is 0 Å². The van der Waals surface area contributed by atoms with Crippen molar-refractivity contribution in [1.82, 2.24) is 15.2 Å². The number of fused-ring (bicyclic) bond motifs is 3. The van der Waals surface area contributed by atoms with Crippen molar-refractivity contribution in [3.8, 4) is 5.88 Å². The number of ether oxygens (including phenoxy) is 2. The first-order chi connectivity index (χ1) is 18.2. The summed E-state index contributed by atoms with van der Waals surface area (Å²) in [5, 5.41) is 14.6. The summed E-state index contributed by atoms with van der Waals surface area (Å²) in [5.74, 6) is -1.15. The van der Waals surface area contributed by atoms with E-state index in [0.717, 1.165) is 42.0 Å². The second-order valence-electron chi connectivity index (χ2n) is 11.4. The van der Waals surface area contributed by atoms with Crippen molar-refractivity contribution < 1.29 is 29.0 Å². The summed E-state index contributed by atoms with van der Waals surface area (Å²) in [6.07, 6.45) is 8.86. The van der Waals surface area contributed by atoms with Crippen LogP contribution in [-0.2, 0) is 14.3 Å². The van der Waals surface area contributed by atoms with Crippen LogP contribution in [0.4, 0.5) is 4.79 Å². The average molecular weight is 522 g/mol. The smallest absolute Gasteiger partial charge is 0.407 e. The first kappa shape index (κ1) is 26.0. The number of nitrogens with zero attached hydrogens (tertiary/aromatic N) is 2. The standard InChI is InChI=1S/C29H35N3O6/c1-29(2)12-5-6-18-9-10-19-11-13-30-25(22(19)14-18)38-21-15-23(27(34)35)32(16-21)26(33)24(20-7-3-4-8-20)31-28(36)37-17-29/h5-6,9-11,13-14,20-21,23-24H,3-4,7-8,12,15-17H2,1-2H3,(H,31,36)(H,34,35)/t21-,23-,24-/m0/s1. The Morgan fingerprint density at radius 1 is 1.18 bits per heavy atom. The summed E-state index contributed by atoms with van der Waals surface area (Å²) in [7, 11) is 0. The van der Waals surface area contributed by atoms with Gasteiger partial charge in [0.1, 0.15) is 18.2 Å². The van der Waals surface area contributed by atoms with Crippen LogP contribution >= 0.6 is 0 Å². The lowest BCUT2D eigenvalue weighted by Crippen LogP contribution is -2.54. The number of hydrogen-bond acceptors (Lipinski definition) is 6. The van der Waals surface area contributed by atoms with Crippen molar-refractivity contribution >= 4 is 34.8 Å². The average Bonchev–Trinajstić information content (AvgIpc) is 3.56. The molecule has 0 spiro atoms. The molecule has 1 aliphatic carbocycles. The van der Waals surface area contributed by atoms with E-state index in [1.807, 2.05) is 44.2 Å².